The molecule has 0 saturated heterocycles. The largest absolute Gasteiger partial charge is 0.495 e. The van der Waals surface area contributed by atoms with Gasteiger partial charge in [0.1, 0.15) is 5.75 Å². The van der Waals surface area contributed by atoms with Gasteiger partial charge in [-0.05, 0) is 25.0 Å². The molecule has 0 unspecified atom stereocenters. The number of ether oxygens (including phenoxy) is 1. The summed E-state index contributed by atoms with van der Waals surface area (Å²) in [6.45, 7) is 0. The highest BCUT2D eigenvalue weighted by atomic mass is 16.5. The maximum absolute atomic E-state index is 5.66. The monoisotopic (exact) mass is 276 g/mol. The van der Waals surface area contributed by atoms with Crippen molar-refractivity contribution in [1.29, 1.82) is 0 Å². The number of nitrogens with zero attached hydrogens (tertiary/aromatic N) is 2. The van der Waals surface area contributed by atoms with Crippen LogP contribution in [0.2, 0.25) is 0 Å². The molecular formula is C15H24N4O. The van der Waals surface area contributed by atoms with Crippen molar-refractivity contribution in [3.8, 4) is 5.75 Å². The number of nitrogens with one attached hydrogen (secondary N) is 1. The summed E-state index contributed by atoms with van der Waals surface area (Å²) in [6.07, 6.45) is 6.12. The molecule has 0 spiro atoms. The number of aliphatic imine (C=N–C) groups is 1. The van der Waals surface area contributed by atoms with Gasteiger partial charge in [0.05, 0.1) is 18.8 Å². The second-order valence-electron chi connectivity index (χ2n) is 5.12. The molecule has 0 atom stereocenters. The van der Waals surface area contributed by atoms with Crippen molar-refractivity contribution in [2.75, 3.05) is 19.1 Å². The Hall–Kier alpha value is -1.75. The summed E-state index contributed by atoms with van der Waals surface area (Å²) >= 11 is 0. The standard InChI is InChI=1S/C15H24N4O/c1-19(13-10-6-7-11-14(13)20-2)15(18-16)17-12-8-4-3-5-9-12/h6-7,10-12H,3-5,8-9,16H2,1-2H3,(H,17,18). The minimum Gasteiger partial charge on any atom is -0.495 e. The van der Waals surface area contributed by atoms with Gasteiger partial charge in [-0.2, -0.15) is 0 Å². The highest BCUT2D eigenvalue weighted by Crippen LogP contribution is 2.27. The fourth-order valence-corrected chi connectivity index (χ4v) is 2.62. The number of anilines is 1. The van der Waals surface area contributed by atoms with Gasteiger partial charge < -0.3 is 9.64 Å². The molecule has 2 rings (SSSR count). The van der Waals surface area contributed by atoms with Gasteiger partial charge in [0.25, 0.3) is 0 Å². The molecule has 0 aliphatic heterocycles. The van der Waals surface area contributed by atoms with Crippen molar-refractivity contribution in [2.24, 2.45) is 10.8 Å². The third-order valence-corrected chi connectivity index (χ3v) is 3.77. The van der Waals surface area contributed by atoms with Crippen LogP contribution in [0.15, 0.2) is 29.3 Å². The number of para-hydroxylation sites is 2. The van der Waals surface area contributed by atoms with Crippen molar-refractivity contribution < 1.29 is 4.74 Å². The highest BCUT2D eigenvalue weighted by molar-refractivity contribution is 5.96. The van der Waals surface area contributed by atoms with Crippen LogP contribution in [0.5, 0.6) is 5.75 Å². The van der Waals surface area contributed by atoms with Crippen LogP contribution in [-0.4, -0.2) is 26.2 Å². The van der Waals surface area contributed by atoms with Gasteiger partial charge in [0.15, 0.2) is 0 Å². The lowest BCUT2D eigenvalue weighted by Gasteiger charge is -2.25. The molecule has 0 bridgehead atoms. The summed E-state index contributed by atoms with van der Waals surface area (Å²) in [5.74, 6) is 7.15. The smallest absolute Gasteiger partial charge is 0.213 e. The molecule has 0 aromatic heterocycles. The first-order chi connectivity index (χ1) is 9.76. The van der Waals surface area contributed by atoms with Crippen LogP contribution in [0.25, 0.3) is 0 Å². The molecule has 5 nitrogen and oxygen atoms in total. The highest BCUT2D eigenvalue weighted by Gasteiger charge is 2.17. The molecule has 20 heavy (non-hydrogen) atoms. The van der Waals surface area contributed by atoms with Gasteiger partial charge in [0.2, 0.25) is 5.96 Å². The summed E-state index contributed by atoms with van der Waals surface area (Å²) in [5.41, 5.74) is 3.67. The Morgan fingerprint density at radius 3 is 2.65 bits per heavy atom. The van der Waals surface area contributed by atoms with Crippen molar-refractivity contribution in [3.63, 3.8) is 0 Å². The number of benzene rings is 1. The number of hydrogen-bond donors (Lipinski definition) is 2. The zero-order chi connectivity index (χ0) is 14.4. The average molecular weight is 276 g/mol. The summed E-state index contributed by atoms with van der Waals surface area (Å²) in [7, 11) is 3.61. The van der Waals surface area contributed by atoms with E-state index < -0.39 is 0 Å². The summed E-state index contributed by atoms with van der Waals surface area (Å²) in [5, 5.41) is 0. The summed E-state index contributed by atoms with van der Waals surface area (Å²) in [4.78, 5) is 6.69. The molecule has 5 heteroatoms. The SMILES string of the molecule is COc1ccccc1N(C)C(=NC1CCCCC1)NN. The van der Waals surface area contributed by atoms with Crippen LogP contribution < -0.4 is 20.9 Å². The lowest BCUT2D eigenvalue weighted by molar-refractivity contribution is 0.415. The van der Waals surface area contributed by atoms with Gasteiger partial charge in [-0.25, -0.2) is 10.8 Å². The quantitative estimate of drug-likeness (QED) is 0.385. The molecule has 0 heterocycles. The van der Waals surface area contributed by atoms with E-state index in [0.29, 0.717) is 12.0 Å². The number of rotatable bonds is 3. The second-order valence-corrected chi connectivity index (χ2v) is 5.12. The molecule has 3 N–H and O–H groups in total. The molecule has 0 radical (unpaired) electrons. The van der Waals surface area contributed by atoms with E-state index in [4.69, 9.17) is 15.6 Å². The Balaban J connectivity index is 2.19. The summed E-state index contributed by atoms with van der Waals surface area (Å²) < 4.78 is 5.39. The predicted molar refractivity (Wildman–Crippen MR) is 83.0 cm³/mol. The minimum atomic E-state index is 0.368. The Kier molecular flexibility index (Phi) is 5.24. The van der Waals surface area contributed by atoms with Gasteiger partial charge in [-0.15, -0.1) is 0 Å². The third kappa shape index (κ3) is 3.42. The molecule has 0 amide bonds. The first kappa shape index (κ1) is 14.7. The lowest BCUT2D eigenvalue weighted by atomic mass is 9.96. The van der Waals surface area contributed by atoms with Crippen molar-refractivity contribution in [2.45, 2.75) is 38.1 Å². The minimum absolute atomic E-state index is 0.368. The first-order valence-corrected chi connectivity index (χ1v) is 7.17. The fraction of sp³-hybridized carbons (Fsp3) is 0.533. The molecule has 1 fully saturated rings. The zero-order valence-electron chi connectivity index (χ0n) is 12.3. The molecule has 1 aliphatic carbocycles. The normalized spacial score (nSPS) is 16.9. The molecular weight excluding hydrogens is 252 g/mol. The van der Waals surface area contributed by atoms with Crippen LogP contribution in [0.3, 0.4) is 0 Å². The molecule has 1 aliphatic rings. The van der Waals surface area contributed by atoms with Crippen molar-refractivity contribution in [1.82, 2.24) is 5.43 Å². The van der Waals surface area contributed by atoms with E-state index >= 15 is 0 Å². The van der Waals surface area contributed by atoms with Crippen LogP contribution >= 0.6 is 0 Å². The van der Waals surface area contributed by atoms with Crippen molar-refractivity contribution in [3.05, 3.63) is 24.3 Å². The number of hydrogen-bond acceptors (Lipinski definition) is 3. The van der Waals surface area contributed by atoms with E-state index in [9.17, 15) is 0 Å². The predicted octanol–water partition coefficient (Wildman–Crippen LogP) is 2.28. The van der Waals surface area contributed by atoms with E-state index in [1.54, 1.807) is 7.11 Å². The van der Waals surface area contributed by atoms with Gasteiger partial charge in [-0.1, -0.05) is 31.4 Å². The van der Waals surface area contributed by atoms with E-state index in [-0.39, 0.29) is 0 Å². The molecule has 1 aromatic carbocycles. The Morgan fingerprint density at radius 1 is 1.30 bits per heavy atom. The van der Waals surface area contributed by atoms with Crippen LogP contribution in [-0.2, 0) is 0 Å². The van der Waals surface area contributed by atoms with E-state index in [0.717, 1.165) is 24.3 Å². The number of hydrazine groups is 1. The van der Waals surface area contributed by atoms with Crippen LogP contribution in [0, 0.1) is 0 Å². The van der Waals surface area contributed by atoms with Gasteiger partial charge in [0, 0.05) is 7.05 Å². The number of guanidine groups is 1. The van der Waals surface area contributed by atoms with Gasteiger partial charge in [-0.3, -0.25) is 5.43 Å². The Morgan fingerprint density at radius 2 is 2.00 bits per heavy atom. The van der Waals surface area contributed by atoms with Crippen LogP contribution in [0.1, 0.15) is 32.1 Å². The van der Waals surface area contributed by atoms with Crippen LogP contribution in [0.4, 0.5) is 5.69 Å². The maximum Gasteiger partial charge on any atom is 0.213 e. The van der Waals surface area contributed by atoms with Gasteiger partial charge >= 0.3 is 0 Å². The third-order valence-electron chi connectivity index (χ3n) is 3.77. The lowest BCUT2D eigenvalue weighted by Crippen LogP contribution is -2.44. The molecule has 1 aromatic rings. The topological polar surface area (TPSA) is 62.9 Å². The average Bonchev–Trinajstić information content (AvgIpc) is 2.53. The van der Waals surface area contributed by atoms with E-state index in [1.807, 2.05) is 36.2 Å². The Bertz CT molecular complexity index is 455. The number of nitrogens with two attached hydrogens (primary N) is 1. The molecule has 110 valence electrons. The molecule has 1 saturated carbocycles. The second kappa shape index (κ2) is 7.14. The Labute approximate surface area is 120 Å². The van der Waals surface area contributed by atoms with Crippen molar-refractivity contribution >= 4 is 11.6 Å². The zero-order valence-corrected chi connectivity index (χ0v) is 12.3. The maximum atomic E-state index is 5.66. The summed E-state index contributed by atoms with van der Waals surface area (Å²) in [6, 6.07) is 8.22. The van der Waals surface area contributed by atoms with E-state index in [2.05, 4.69) is 5.43 Å². The first-order valence-electron chi connectivity index (χ1n) is 7.17. The van der Waals surface area contributed by atoms with E-state index in [1.165, 1.54) is 19.3 Å². The number of methoxy groups -OCH3 is 1. The fourth-order valence-electron chi connectivity index (χ4n) is 2.62.